The minimum atomic E-state index is -1.13. The molecule has 0 fully saturated rings. The highest BCUT2D eigenvalue weighted by atomic mass is 16.5. The number of hydrogen-bond donors (Lipinski definition) is 2. The van der Waals surface area contributed by atoms with Crippen molar-refractivity contribution in [3.8, 4) is 17.6 Å². The fraction of sp³-hybridized carbons (Fsp3) is 0.0938. The zero-order valence-corrected chi connectivity index (χ0v) is 21.0. The molecule has 0 saturated carbocycles. The molecular formula is C32H25N3O4. The number of imidazole rings is 1. The van der Waals surface area contributed by atoms with Gasteiger partial charge in [-0.2, -0.15) is 0 Å². The number of carbonyl (C=O) groups is 2. The molecule has 2 N–H and O–H groups in total. The maximum Gasteiger partial charge on any atom is 0.326 e. The van der Waals surface area contributed by atoms with Gasteiger partial charge in [0.15, 0.2) is 0 Å². The number of fused-ring (bicyclic) bond motifs is 1. The van der Waals surface area contributed by atoms with Crippen LogP contribution in [0.4, 0.5) is 0 Å². The van der Waals surface area contributed by atoms with Crippen LogP contribution < -0.4 is 10.1 Å². The molecule has 0 radical (unpaired) electrons. The fourth-order valence-corrected chi connectivity index (χ4v) is 3.97. The highest BCUT2D eigenvalue weighted by Gasteiger charge is 2.22. The van der Waals surface area contributed by atoms with E-state index in [9.17, 15) is 14.7 Å². The largest absolute Gasteiger partial charge is 0.489 e. The van der Waals surface area contributed by atoms with Crippen LogP contribution in [0.15, 0.2) is 109 Å². The topological polar surface area (TPSA) is 92.9 Å². The first-order valence-corrected chi connectivity index (χ1v) is 12.4. The number of hydrogen-bond acceptors (Lipinski definition) is 4. The third-order valence-electron chi connectivity index (χ3n) is 6.03. The second kappa shape index (κ2) is 11.8. The number of carboxylic acid groups (broad SMARTS) is 1. The summed E-state index contributed by atoms with van der Waals surface area (Å²) < 4.78 is 7.49. The number of carbonyl (C=O) groups excluding carboxylic acids is 1. The van der Waals surface area contributed by atoms with Gasteiger partial charge in [-0.25, -0.2) is 9.78 Å². The van der Waals surface area contributed by atoms with E-state index in [-0.39, 0.29) is 12.1 Å². The van der Waals surface area contributed by atoms with Crippen LogP contribution in [-0.4, -0.2) is 32.4 Å². The van der Waals surface area contributed by atoms with Crippen LogP contribution in [0.25, 0.3) is 5.65 Å². The average Bonchev–Trinajstić information content (AvgIpc) is 3.40. The van der Waals surface area contributed by atoms with E-state index in [1.807, 2.05) is 66.7 Å². The second-order valence-corrected chi connectivity index (χ2v) is 8.91. The van der Waals surface area contributed by atoms with Crippen LogP contribution in [0.2, 0.25) is 0 Å². The van der Waals surface area contributed by atoms with Gasteiger partial charge in [-0.1, -0.05) is 72.5 Å². The Labute approximate surface area is 225 Å². The summed E-state index contributed by atoms with van der Waals surface area (Å²) in [6.45, 7) is 0.439. The molecule has 1 unspecified atom stereocenters. The SMILES string of the molecule is O=C(NC(Cc1ccc(OCc2ccccc2)cc1)C(=O)O)c1cn2ccc(C#Cc3ccccc3)cc2n1. The molecule has 5 aromatic rings. The zero-order chi connectivity index (χ0) is 27.0. The molecule has 192 valence electrons. The van der Waals surface area contributed by atoms with Crippen molar-refractivity contribution in [1.82, 2.24) is 14.7 Å². The van der Waals surface area contributed by atoms with Crippen LogP contribution in [0.3, 0.4) is 0 Å². The molecule has 0 aliphatic rings. The summed E-state index contributed by atoms with van der Waals surface area (Å²) >= 11 is 0. The molecule has 3 aromatic carbocycles. The minimum absolute atomic E-state index is 0.118. The Morgan fingerprint density at radius 3 is 2.28 bits per heavy atom. The second-order valence-electron chi connectivity index (χ2n) is 8.91. The Kier molecular flexibility index (Phi) is 7.66. The number of rotatable bonds is 8. The predicted octanol–water partition coefficient (Wildman–Crippen LogP) is 4.74. The molecule has 5 rings (SSSR count). The van der Waals surface area contributed by atoms with Gasteiger partial charge in [-0.15, -0.1) is 0 Å². The number of amides is 1. The summed E-state index contributed by atoms with van der Waals surface area (Å²) in [5.41, 5.74) is 4.13. The Bertz CT molecular complexity index is 1650. The summed E-state index contributed by atoms with van der Waals surface area (Å²) in [7, 11) is 0. The molecule has 2 heterocycles. The average molecular weight is 516 g/mol. The first kappa shape index (κ1) is 25.3. The summed E-state index contributed by atoms with van der Waals surface area (Å²) in [6.07, 6.45) is 3.45. The van der Waals surface area contributed by atoms with E-state index in [1.54, 1.807) is 47.1 Å². The van der Waals surface area contributed by atoms with Crippen LogP contribution in [0.1, 0.15) is 32.7 Å². The van der Waals surface area contributed by atoms with E-state index in [0.29, 0.717) is 18.0 Å². The molecular weight excluding hydrogens is 490 g/mol. The Morgan fingerprint density at radius 2 is 1.56 bits per heavy atom. The van der Waals surface area contributed by atoms with E-state index < -0.39 is 17.9 Å². The number of nitrogens with one attached hydrogen (secondary N) is 1. The normalized spacial score (nSPS) is 11.3. The molecule has 7 heteroatoms. The monoisotopic (exact) mass is 515 g/mol. The van der Waals surface area contributed by atoms with Crippen molar-refractivity contribution in [3.63, 3.8) is 0 Å². The van der Waals surface area contributed by atoms with Gasteiger partial charge in [0.25, 0.3) is 5.91 Å². The van der Waals surface area contributed by atoms with Gasteiger partial charge in [-0.05, 0) is 47.5 Å². The molecule has 0 spiro atoms. The smallest absolute Gasteiger partial charge is 0.326 e. The molecule has 1 amide bonds. The van der Waals surface area contributed by atoms with Crippen molar-refractivity contribution >= 4 is 17.5 Å². The summed E-state index contributed by atoms with van der Waals surface area (Å²) in [5, 5.41) is 12.3. The molecule has 2 aromatic heterocycles. The summed E-state index contributed by atoms with van der Waals surface area (Å²) in [6, 6.07) is 29.1. The lowest BCUT2D eigenvalue weighted by Gasteiger charge is -2.14. The summed E-state index contributed by atoms with van der Waals surface area (Å²) in [5.74, 6) is 5.17. The maximum absolute atomic E-state index is 12.9. The van der Waals surface area contributed by atoms with E-state index >= 15 is 0 Å². The highest BCUT2D eigenvalue weighted by Crippen LogP contribution is 2.16. The molecule has 0 saturated heterocycles. The van der Waals surface area contributed by atoms with Gasteiger partial charge in [0, 0.05) is 29.9 Å². The first-order valence-electron chi connectivity index (χ1n) is 12.4. The van der Waals surface area contributed by atoms with Crippen molar-refractivity contribution < 1.29 is 19.4 Å². The minimum Gasteiger partial charge on any atom is -0.489 e. The van der Waals surface area contributed by atoms with Crippen LogP contribution in [0.5, 0.6) is 5.75 Å². The predicted molar refractivity (Wildman–Crippen MR) is 147 cm³/mol. The van der Waals surface area contributed by atoms with Gasteiger partial charge >= 0.3 is 5.97 Å². The van der Waals surface area contributed by atoms with Gasteiger partial charge in [0.2, 0.25) is 0 Å². The van der Waals surface area contributed by atoms with Crippen molar-refractivity contribution in [2.75, 3.05) is 0 Å². The number of pyridine rings is 1. The van der Waals surface area contributed by atoms with Gasteiger partial charge in [0.1, 0.15) is 29.7 Å². The summed E-state index contributed by atoms with van der Waals surface area (Å²) in [4.78, 5) is 29.2. The molecule has 0 aliphatic carbocycles. The van der Waals surface area contributed by atoms with Crippen LogP contribution in [0, 0.1) is 11.8 Å². The van der Waals surface area contributed by atoms with Crippen molar-refractivity contribution in [2.24, 2.45) is 0 Å². The van der Waals surface area contributed by atoms with E-state index in [2.05, 4.69) is 22.1 Å². The zero-order valence-electron chi connectivity index (χ0n) is 21.0. The number of benzene rings is 3. The quantitative estimate of drug-likeness (QED) is 0.291. The van der Waals surface area contributed by atoms with Crippen LogP contribution >= 0.6 is 0 Å². The van der Waals surface area contributed by atoms with E-state index in [0.717, 1.165) is 22.3 Å². The van der Waals surface area contributed by atoms with Crippen LogP contribution in [-0.2, 0) is 17.8 Å². The fourth-order valence-electron chi connectivity index (χ4n) is 3.97. The molecule has 7 nitrogen and oxygen atoms in total. The molecule has 39 heavy (non-hydrogen) atoms. The Morgan fingerprint density at radius 1 is 0.872 bits per heavy atom. The standard InChI is InChI=1S/C32H25N3O4/c36-31(29-21-35-18-17-25(20-30(35)33-29)12-11-23-7-3-1-4-8-23)34-28(32(37)38)19-24-13-15-27(16-14-24)39-22-26-9-5-2-6-10-26/h1-10,13-18,20-21,28H,19,22H2,(H,34,36)(H,37,38). The third kappa shape index (κ3) is 6.70. The van der Waals surface area contributed by atoms with Gasteiger partial charge in [0.05, 0.1) is 0 Å². The van der Waals surface area contributed by atoms with Gasteiger partial charge in [-0.3, -0.25) is 4.79 Å². The number of aromatic nitrogens is 2. The number of nitrogens with zero attached hydrogens (tertiary/aromatic N) is 2. The van der Waals surface area contributed by atoms with Crippen molar-refractivity contribution in [2.45, 2.75) is 19.1 Å². The molecule has 0 aliphatic heterocycles. The lowest BCUT2D eigenvalue weighted by Crippen LogP contribution is -2.42. The van der Waals surface area contributed by atoms with E-state index in [4.69, 9.17) is 4.74 Å². The molecule has 1 atom stereocenters. The maximum atomic E-state index is 12.9. The molecule has 0 bridgehead atoms. The Hall–Kier alpha value is -5.35. The lowest BCUT2D eigenvalue weighted by molar-refractivity contribution is -0.139. The number of carboxylic acids is 1. The lowest BCUT2D eigenvalue weighted by atomic mass is 10.1. The number of aliphatic carboxylic acids is 1. The number of ether oxygens (including phenoxy) is 1. The van der Waals surface area contributed by atoms with Crippen molar-refractivity contribution in [1.29, 1.82) is 0 Å². The van der Waals surface area contributed by atoms with Gasteiger partial charge < -0.3 is 19.6 Å². The Balaban J connectivity index is 1.22. The first-order chi connectivity index (χ1) is 19.0. The van der Waals surface area contributed by atoms with E-state index in [1.165, 1.54) is 0 Å². The van der Waals surface area contributed by atoms with Crippen molar-refractivity contribution in [3.05, 3.63) is 137 Å². The highest BCUT2D eigenvalue weighted by molar-refractivity contribution is 5.95. The third-order valence-corrected chi connectivity index (χ3v) is 6.03.